The minimum atomic E-state index is -2.60. The summed E-state index contributed by atoms with van der Waals surface area (Å²) in [5.74, 6) is -0.135. The molecule has 0 aliphatic rings. The van der Waals surface area contributed by atoms with Crippen molar-refractivity contribution in [2.75, 3.05) is 19.9 Å². The highest BCUT2D eigenvalue weighted by Gasteiger charge is 2.16. The number of carbonyl (C=O) groups is 1. The van der Waals surface area contributed by atoms with Gasteiger partial charge in [-0.25, -0.2) is 0 Å². The van der Waals surface area contributed by atoms with Crippen LogP contribution in [0, 0.1) is 0 Å². The lowest BCUT2D eigenvalue weighted by Crippen LogP contribution is -2.01. The summed E-state index contributed by atoms with van der Waals surface area (Å²) in [6.07, 6.45) is 0.152. The van der Waals surface area contributed by atoms with Crippen LogP contribution in [0.2, 0.25) is 0 Å². The quantitative estimate of drug-likeness (QED) is 0.483. The Morgan fingerprint density at radius 2 is 2.09 bits per heavy atom. The minimum Gasteiger partial charge on any atom is -0.332 e. The number of Topliss-reactive ketones (excluding diaryl/α,β-unsaturated/α-hetero) is 1. The summed E-state index contributed by atoms with van der Waals surface area (Å²) in [6.45, 7) is 6.37. The van der Waals surface area contributed by atoms with Crippen molar-refractivity contribution in [2.45, 2.75) is 6.92 Å². The van der Waals surface area contributed by atoms with Crippen molar-refractivity contribution in [3.8, 4) is 0 Å². The van der Waals surface area contributed by atoms with Gasteiger partial charge in [0.1, 0.15) is 0 Å². The van der Waals surface area contributed by atoms with Gasteiger partial charge in [0.2, 0.25) is 7.37 Å². The monoisotopic (exact) mass is 176 g/mol. The van der Waals surface area contributed by atoms with E-state index in [1.54, 1.807) is 0 Å². The Hall–Kier alpha value is -0.400. The molecule has 0 saturated heterocycles. The average molecular weight is 176 g/mol. The standard InChI is InChI=1S/C7H13O3P/c1-6(7(2)8)5-11(4,9)10-3/h1,5H2,2-4H3. The van der Waals surface area contributed by atoms with Gasteiger partial charge < -0.3 is 4.52 Å². The first-order valence-corrected chi connectivity index (χ1v) is 5.46. The third kappa shape index (κ3) is 4.12. The topological polar surface area (TPSA) is 43.4 Å². The van der Waals surface area contributed by atoms with E-state index in [4.69, 9.17) is 4.52 Å². The Labute approximate surface area is 66.9 Å². The predicted octanol–water partition coefficient (Wildman–Crippen LogP) is 1.69. The van der Waals surface area contributed by atoms with E-state index in [2.05, 4.69) is 6.58 Å². The van der Waals surface area contributed by atoms with E-state index in [1.165, 1.54) is 20.7 Å². The Morgan fingerprint density at radius 1 is 1.64 bits per heavy atom. The Bertz CT molecular complexity index is 220. The highest BCUT2D eigenvalue weighted by molar-refractivity contribution is 7.58. The molecule has 0 fully saturated rings. The van der Waals surface area contributed by atoms with Gasteiger partial charge in [-0.15, -0.1) is 0 Å². The second kappa shape index (κ2) is 3.84. The SMILES string of the molecule is C=C(CP(C)(=O)OC)C(C)=O. The summed E-state index contributed by atoms with van der Waals surface area (Å²) in [4.78, 5) is 10.7. The van der Waals surface area contributed by atoms with Crippen LogP contribution < -0.4 is 0 Å². The van der Waals surface area contributed by atoms with Crippen LogP contribution in [-0.2, 0) is 13.9 Å². The maximum Gasteiger partial charge on any atom is 0.204 e. The fourth-order valence-electron chi connectivity index (χ4n) is 0.523. The van der Waals surface area contributed by atoms with Gasteiger partial charge in [0, 0.05) is 13.8 Å². The summed E-state index contributed by atoms with van der Waals surface area (Å²) >= 11 is 0. The number of hydrogen-bond acceptors (Lipinski definition) is 3. The van der Waals surface area contributed by atoms with Crippen LogP contribution >= 0.6 is 7.37 Å². The number of hydrogen-bond donors (Lipinski definition) is 0. The molecule has 0 heterocycles. The van der Waals surface area contributed by atoms with Crippen LogP contribution in [0.4, 0.5) is 0 Å². The predicted molar refractivity (Wildman–Crippen MR) is 45.2 cm³/mol. The zero-order valence-corrected chi connectivity index (χ0v) is 7.98. The number of allylic oxidation sites excluding steroid dienone is 1. The van der Waals surface area contributed by atoms with Crippen LogP contribution in [0.25, 0.3) is 0 Å². The molecule has 3 nitrogen and oxygen atoms in total. The Kier molecular flexibility index (Phi) is 3.70. The lowest BCUT2D eigenvalue weighted by Gasteiger charge is -2.09. The number of rotatable bonds is 4. The maximum atomic E-state index is 11.3. The molecular formula is C7H13O3P. The largest absolute Gasteiger partial charge is 0.332 e. The zero-order chi connectivity index (χ0) is 9.07. The van der Waals surface area contributed by atoms with Gasteiger partial charge in [0.05, 0.1) is 6.16 Å². The molecule has 0 spiro atoms. The second-order valence-electron chi connectivity index (χ2n) is 2.51. The molecule has 0 radical (unpaired) electrons. The van der Waals surface area contributed by atoms with E-state index in [0.29, 0.717) is 5.57 Å². The van der Waals surface area contributed by atoms with Crippen LogP contribution in [0.3, 0.4) is 0 Å². The molecule has 64 valence electrons. The van der Waals surface area contributed by atoms with Gasteiger partial charge in [-0.1, -0.05) is 6.58 Å². The molecule has 0 N–H and O–H groups in total. The van der Waals surface area contributed by atoms with Crippen molar-refractivity contribution in [1.29, 1.82) is 0 Å². The van der Waals surface area contributed by atoms with E-state index in [-0.39, 0.29) is 11.9 Å². The summed E-state index contributed by atoms with van der Waals surface area (Å²) in [5, 5.41) is 0. The van der Waals surface area contributed by atoms with E-state index >= 15 is 0 Å². The molecule has 0 rings (SSSR count). The first kappa shape index (κ1) is 10.6. The smallest absolute Gasteiger partial charge is 0.204 e. The molecule has 0 aliphatic heterocycles. The highest BCUT2D eigenvalue weighted by atomic mass is 31.2. The lowest BCUT2D eigenvalue weighted by atomic mass is 10.2. The maximum absolute atomic E-state index is 11.3. The zero-order valence-electron chi connectivity index (χ0n) is 7.09. The molecule has 0 aromatic carbocycles. The van der Waals surface area contributed by atoms with Crippen LogP contribution in [0.5, 0.6) is 0 Å². The Morgan fingerprint density at radius 3 is 2.36 bits per heavy atom. The molecule has 0 bridgehead atoms. The first-order chi connectivity index (χ1) is 4.89. The normalized spacial score (nSPS) is 15.5. The van der Waals surface area contributed by atoms with E-state index in [1.807, 2.05) is 0 Å². The third-order valence-corrected chi connectivity index (χ3v) is 3.09. The molecular weight excluding hydrogens is 163 g/mol. The van der Waals surface area contributed by atoms with Crippen molar-refractivity contribution in [1.82, 2.24) is 0 Å². The highest BCUT2D eigenvalue weighted by Crippen LogP contribution is 2.42. The lowest BCUT2D eigenvalue weighted by molar-refractivity contribution is -0.113. The van der Waals surface area contributed by atoms with E-state index in [9.17, 15) is 9.36 Å². The van der Waals surface area contributed by atoms with Crippen LogP contribution in [-0.4, -0.2) is 25.7 Å². The van der Waals surface area contributed by atoms with Crippen molar-refractivity contribution >= 4 is 13.2 Å². The number of carbonyl (C=O) groups excluding carboxylic acids is 1. The molecule has 0 saturated carbocycles. The van der Waals surface area contributed by atoms with Gasteiger partial charge in [-0.2, -0.15) is 0 Å². The van der Waals surface area contributed by atoms with E-state index < -0.39 is 7.37 Å². The fourth-order valence-corrected chi connectivity index (χ4v) is 1.57. The molecule has 1 unspecified atom stereocenters. The third-order valence-electron chi connectivity index (χ3n) is 1.36. The molecule has 11 heavy (non-hydrogen) atoms. The summed E-state index contributed by atoms with van der Waals surface area (Å²) in [5.41, 5.74) is 0.359. The van der Waals surface area contributed by atoms with Gasteiger partial charge in [0.15, 0.2) is 5.78 Å². The first-order valence-electron chi connectivity index (χ1n) is 3.20. The molecule has 1 atom stereocenters. The van der Waals surface area contributed by atoms with E-state index in [0.717, 1.165) is 0 Å². The van der Waals surface area contributed by atoms with Crippen molar-refractivity contribution < 1.29 is 13.9 Å². The van der Waals surface area contributed by atoms with Crippen LogP contribution in [0.1, 0.15) is 6.92 Å². The van der Waals surface area contributed by atoms with Crippen molar-refractivity contribution in [3.63, 3.8) is 0 Å². The summed E-state index contributed by atoms with van der Waals surface area (Å²) < 4.78 is 16.0. The van der Waals surface area contributed by atoms with Crippen molar-refractivity contribution in [2.24, 2.45) is 0 Å². The van der Waals surface area contributed by atoms with Gasteiger partial charge in [-0.05, 0) is 12.5 Å². The van der Waals surface area contributed by atoms with Gasteiger partial charge in [-0.3, -0.25) is 9.36 Å². The summed E-state index contributed by atoms with van der Waals surface area (Å²) in [6, 6.07) is 0. The number of ketones is 1. The fraction of sp³-hybridized carbons (Fsp3) is 0.571. The molecule has 4 heteroatoms. The van der Waals surface area contributed by atoms with Gasteiger partial charge in [0.25, 0.3) is 0 Å². The summed E-state index contributed by atoms with van der Waals surface area (Å²) in [7, 11) is -1.23. The van der Waals surface area contributed by atoms with Crippen molar-refractivity contribution in [3.05, 3.63) is 12.2 Å². The minimum absolute atomic E-state index is 0.135. The second-order valence-corrected chi connectivity index (χ2v) is 5.22. The molecule has 0 aromatic rings. The molecule has 0 aliphatic carbocycles. The van der Waals surface area contributed by atoms with Gasteiger partial charge >= 0.3 is 0 Å². The average Bonchev–Trinajstić information content (AvgIpc) is 1.87. The Balaban J connectivity index is 4.16. The molecule has 0 aromatic heterocycles. The molecule has 0 amide bonds. The van der Waals surface area contributed by atoms with Crippen LogP contribution in [0.15, 0.2) is 12.2 Å².